The molecule has 0 heterocycles. The van der Waals surface area contributed by atoms with Gasteiger partial charge in [-0.15, -0.1) is 0 Å². The fourth-order valence-corrected chi connectivity index (χ4v) is 1.53. The van der Waals surface area contributed by atoms with E-state index in [0.29, 0.717) is 0 Å². The van der Waals surface area contributed by atoms with Gasteiger partial charge in [0.15, 0.2) is 0 Å². The van der Waals surface area contributed by atoms with Crippen molar-refractivity contribution in [3.8, 4) is 0 Å². The van der Waals surface area contributed by atoms with Crippen LogP contribution in [0.3, 0.4) is 0 Å². The minimum absolute atomic E-state index is 0.768. The topological polar surface area (TPSA) is 9.23 Å². The molecule has 0 amide bonds. The predicted octanol–water partition coefficient (Wildman–Crippen LogP) is 2.86. The number of hydrogen-bond acceptors (Lipinski definition) is 1. The van der Waals surface area contributed by atoms with E-state index in [1.165, 1.54) is 12.0 Å². The van der Waals surface area contributed by atoms with Crippen LogP contribution in [0.1, 0.15) is 18.9 Å². The molecule has 70 valence electrons. The summed E-state index contributed by atoms with van der Waals surface area (Å²) in [7, 11) is 0. The van der Waals surface area contributed by atoms with Crippen LogP contribution < -0.4 is 0 Å². The Kier molecular flexibility index (Phi) is 2.65. The smallest absolute Gasteiger partial charge is 0.0717 e. The fraction of sp³-hybridized carbons (Fsp3) is 0.500. The molecule has 0 N–H and O–H groups in total. The van der Waals surface area contributed by atoms with Crippen LogP contribution in [0, 0.1) is 11.8 Å². The Morgan fingerprint density at radius 2 is 2.00 bits per heavy atom. The number of benzene rings is 1. The Hall–Kier alpha value is -0.820. The molecule has 1 heteroatoms. The lowest BCUT2D eigenvalue weighted by Gasteiger charge is -2.02. The van der Waals surface area contributed by atoms with Crippen LogP contribution in [0.25, 0.3) is 0 Å². The fourth-order valence-electron chi connectivity index (χ4n) is 1.53. The van der Waals surface area contributed by atoms with Gasteiger partial charge in [-0.05, 0) is 23.8 Å². The highest BCUT2D eigenvalue weighted by atomic mass is 16.5. The molecule has 0 aliphatic heterocycles. The van der Waals surface area contributed by atoms with Crippen LogP contribution in [0.15, 0.2) is 30.3 Å². The molecule has 1 fully saturated rings. The molecule has 1 nitrogen and oxygen atoms in total. The second kappa shape index (κ2) is 3.93. The summed E-state index contributed by atoms with van der Waals surface area (Å²) in [5.41, 5.74) is 1.27. The first kappa shape index (κ1) is 8.76. The van der Waals surface area contributed by atoms with Crippen molar-refractivity contribution in [2.45, 2.75) is 20.0 Å². The quantitative estimate of drug-likeness (QED) is 0.685. The van der Waals surface area contributed by atoms with Crippen molar-refractivity contribution in [1.82, 2.24) is 0 Å². The lowest BCUT2D eigenvalue weighted by molar-refractivity contribution is 0.108. The van der Waals surface area contributed by atoms with E-state index in [0.717, 1.165) is 25.0 Å². The van der Waals surface area contributed by atoms with Gasteiger partial charge in [-0.3, -0.25) is 0 Å². The number of ether oxygens (including phenoxy) is 1. The molecule has 1 aromatic rings. The minimum Gasteiger partial charge on any atom is -0.376 e. The van der Waals surface area contributed by atoms with E-state index < -0.39 is 0 Å². The zero-order chi connectivity index (χ0) is 9.10. The highest BCUT2D eigenvalue weighted by Crippen LogP contribution is 2.37. The van der Waals surface area contributed by atoms with E-state index in [9.17, 15) is 0 Å². The SMILES string of the molecule is CC1CC1COCc1ccccc1. The molecule has 13 heavy (non-hydrogen) atoms. The maximum Gasteiger partial charge on any atom is 0.0717 e. The molecule has 0 radical (unpaired) electrons. The van der Waals surface area contributed by atoms with E-state index in [2.05, 4.69) is 31.2 Å². The van der Waals surface area contributed by atoms with Crippen LogP contribution in [0.5, 0.6) is 0 Å². The molecule has 1 saturated carbocycles. The summed E-state index contributed by atoms with van der Waals surface area (Å²) in [6.07, 6.45) is 1.36. The van der Waals surface area contributed by atoms with Gasteiger partial charge in [-0.2, -0.15) is 0 Å². The first-order valence-electron chi connectivity index (χ1n) is 4.98. The Labute approximate surface area is 79.7 Å². The Bertz CT molecular complexity index is 255. The lowest BCUT2D eigenvalue weighted by Crippen LogP contribution is -1.97. The summed E-state index contributed by atoms with van der Waals surface area (Å²) in [6, 6.07) is 10.4. The molecule has 0 bridgehead atoms. The normalized spacial score (nSPS) is 25.9. The average molecular weight is 176 g/mol. The van der Waals surface area contributed by atoms with E-state index in [-0.39, 0.29) is 0 Å². The number of rotatable bonds is 4. The van der Waals surface area contributed by atoms with Gasteiger partial charge in [0.25, 0.3) is 0 Å². The summed E-state index contributed by atoms with van der Waals surface area (Å²) in [4.78, 5) is 0. The van der Waals surface area contributed by atoms with E-state index in [4.69, 9.17) is 4.74 Å². The van der Waals surface area contributed by atoms with Crippen molar-refractivity contribution >= 4 is 0 Å². The van der Waals surface area contributed by atoms with Crippen molar-refractivity contribution in [2.24, 2.45) is 11.8 Å². The van der Waals surface area contributed by atoms with E-state index in [1.54, 1.807) is 0 Å². The third-order valence-electron chi connectivity index (χ3n) is 2.72. The van der Waals surface area contributed by atoms with Gasteiger partial charge in [0.05, 0.1) is 13.2 Å². The van der Waals surface area contributed by atoms with Crippen molar-refractivity contribution in [1.29, 1.82) is 0 Å². The Morgan fingerprint density at radius 1 is 1.31 bits per heavy atom. The second-order valence-corrected chi connectivity index (χ2v) is 3.97. The van der Waals surface area contributed by atoms with Crippen LogP contribution in [-0.4, -0.2) is 6.61 Å². The van der Waals surface area contributed by atoms with Gasteiger partial charge in [0, 0.05) is 0 Å². The molecule has 2 rings (SSSR count). The zero-order valence-electron chi connectivity index (χ0n) is 8.07. The van der Waals surface area contributed by atoms with Gasteiger partial charge >= 0.3 is 0 Å². The second-order valence-electron chi connectivity index (χ2n) is 3.97. The molecule has 0 aromatic heterocycles. The molecule has 1 aliphatic carbocycles. The van der Waals surface area contributed by atoms with Crippen LogP contribution >= 0.6 is 0 Å². The standard InChI is InChI=1S/C12H16O/c1-10-7-12(10)9-13-8-11-5-3-2-4-6-11/h2-6,10,12H,7-9H2,1H3. The summed E-state index contributed by atoms with van der Waals surface area (Å²) in [5.74, 6) is 1.74. The maximum absolute atomic E-state index is 5.61. The van der Waals surface area contributed by atoms with Crippen LogP contribution in [0.2, 0.25) is 0 Å². The molecule has 1 aliphatic rings. The zero-order valence-corrected chi connectivity index (χ0v) is 8.07. The Morgan fingerprint density at radius 3 is 2.62 bits per heavy atom. The Balaban J connectivity index is 1.68. The largest absolute Gasteiger partial charge is 0.376 e. The summed E-state index contributed by atoms with van der Waals surface area (Å²) in [5, 5.41) is 0. The van der Waals surface area contributed by atoms with E-state index in [1.807, 2.05) is 6.07 Å². The van der Waals surface area contributed by atoms with Crippen molar-refractivity contribution in [2.75, 3.05) is 6.61 Å². The average Bonchev–Trinajstić information content (AvgIpc) is 2.84. The third kappa shape index (κ3) is 2.56. The van der Waals surface area contributed by atoms with Gasteiger partial charge in [-0.1, -0.05) is 37.3 Å². The first-order chi connectivity index (χ1) is 6.36. The van der Waals surface area contributed by atoms with Crippen LogP contribution in [-0.2, 0) is 11.3 Å². The van der Waals surface area contributed by atoms with Gasteiger partial charge in [0.1, 0.15) is 0 Å². The molecule has 0 saturated heterocycles. The molecular weight excluding hydrogens is 160 g/mol. The molecule has 2 unspecified atom stereocenters. The van der Waals surface area contributed by atoms with Crippen LogP contribution in [0.4, 0.5) is 0 Å². The van der Waals surface area contributed by atoms with Gasteiger partial charge in [0.2, 0.25) is 0 Å². The first-order valence-corrected chi connectivity index (χ1v) is 4.98. The molecule has 0 spiro atoms. The molecular formula is C12H16O. The van der Waals surface area contributed by atoms with Gasteiger partial charge in [-0.25, -0.2) is 0 Å². The maximum atomic E-state index is 5.61. The third-order valence-corrected chi connectivity index (χ3v) is 2.72. The summed E-state index contributed by atoms with van der Waals surface area (Å²) < 4.78 is 5.61. The summed E-state index contributed by atoms with van der Waals surface area (Å²) in [6.45, 7) is 4.00. The minimum atomic E-state index is 0.768. The van der Waals surface area contributed by atoms with E-state index >= 15 is 0 Å². The molecule has 1 aromatic carbocycles. The predicted molar refractivity (Wildman–Crippen MR) is 53.4 cm³/mol. The lowest BCUT2D eigenvalue weighted by atomic mass is 10.2. The highest BCUT2D eigenvalue weighted by molar-refractivity contribution is 5.13. The number of hydrogen-bond donors (Lipinski definition) is 0. The van der Waals surface area contributed by atoms with Crippen molar-refractivity contribution in [3.63, 3.8) is 0 Å². The molecule has 2 atom stereocenters. The van der Waals surface area contributed by atoms with Gasteiger partial charge < -0.3 is 4.74 Å². The van der Waals surface area contributed by atoms with Crippen molar-refractivity contribution in [3.05, 3.63) is 35.9 Å². The van der Waals surface area contributed by atoms with Crippen molar-refractivity contribution < 1.29 is 4.74 Å². The highest BCUT2D eigenvalue weighted by Gasteiger charge is 2.32. The monoisotopic (exact) mass is 176 g/mol. The summed E-state index contributed by atoms with van der Waals surface area (Å²) >= 11 is 0.